The Labute approximate surface area is 187 Å². The number of nitrogens with one attached hydrogen (secondary N) is 2. The number of carbonyl (C=O) groups is 3. The number of hydrogen-bond acceptors (Lipinski definition) is 4. The Morgan fingerprint density at radius 3 is 2.50 bits per heavy atom. The third-order valence-corrected chi connectivity index (χ3v) is 5.31. The molecule has 1 aliphatic heterocycles. The van der Waals surface area contributed by atoms with E-state index in [-0.39, 0.29) is 24.8 Å². The predicted molar refractivity (Wildman–Crippen MR) is 119 cm³/mol. The zero-order chi connectivity index (χ0) is 22.1. The van der Waals surface area contributed by atoms with Crippen LogP contribution >= 0.6 is 15.9 Å². The highest BCUT2D eigenvalue weighted by atomic mass is 79.9. The first-order chi connectivity index (χ1) is 14.1. The van der Waals surface area contributed by atoms with Gasteiger partial charge >= 0.3 is 6.09 Å². The molecule has 0 spiro atoms. The molecule has 0 bridgehead atoms. The third kappa shape index (κ3) is 9.15. The van der Waals surface area contributed by atoms with Gasteiger partial charge in [0.15, 0.2) is 0 Å². The number of piperidine rings is 1. The molecule has 30 heavy (non-hydrogen) atoms. The number of halogens is 1. The monoisotopic (exact) mass is 481 g/mol. The first kappa shape index (κ1) is 24.2. The summed E-state index contributed by atoms with van der Waals surface area (Å²) < 4.78 is 6.11. The van der Waals surface area contributed by atoms with Crippen molar-refractivity contribution in [2.24, 2.45) is 5.92 Å². The topological polar surface area (TPSA) is 87.7 Å². The highest BCUT2D eigenvalue weighted by Gasteiger charge is 2.23. The van der Waals surface area contributed by atoms with Crippen molar-refractivity contribution in [3.8, 4) is 0 Å². The lowest BCUT2D eigenvalue weighted by Gasteiger charge is -2.32. The molecular formula is C22H32BrN3O4. The smallest absolute Gasteiger partial charge is 0.407 e. The minimum atomic E-state index is -0.555. The highest BCUT2D eigenvalue weighted by molar-refractivity contribution is 9.10. The Bertz CT molecular complexity index is 740. The normalized spacial score (nSPS) is 14.9. The second-order valence-electron chi connectivity index (χ2n) is 8.61. The Morgan fingerprint density at radius 1 is 1.17 bits per heavy atom. The Balaban J connectivity index is 1.61. The van der Waals surface area contributed by atoms with Crippen LogP contribution in [0.3, 0.4) is 0 Å². The highest BCUT2D eigenvalue weighted by Crippen LogP contribution is 2.18. The van der Waals surface area contributed by atoms with E-state index in [1.165, 1.54) is 0 Å². The van der Waals surface area contributed by atoms with Crippen molar-refractivity contribution in [3.05, 3.63) is 34.3 Å². The van der Waals surface area contributed by atoms with Crippen LogP contribution in [0.1, 0.15) is 45.6 Å². The van der Waals surface area contributed by atoms with Crippen molar-refractivity contribution in [2.45, 2.75) is 52.1 Å². The summed E-state index contributed by atoms with van der Waals surface area (Å²) >= 11 is 3.43. The van der Waals surface area contributed by atoms with Crippen LogP contribution in [-0.2, 0) is 20.7 Å². The van der Waals surface area contributed by atoms with Gasteiger partial charge in [0.05, 0.1) is 6.42 Å². The fraction of sp³-hybridized carbons (Fsp3) is 0.591. The summed E-state index contributed by atoms with van der Waals surface area (Å²) in [5, 5.41) is 5.51. The van der Waals surface area contributed by atoms with Gasteiger partial charge in [-0.15, -0.1) is 0 Å². The summed E-state index contributed by atoms with van der Waals surface area (Å²) in [4.78, 5) is 38.0. The molecule has 0 unspecified atom stereocenters. The van der Waals surface area contributed by atoms with E-state index in [0.29, 0.717) is 32.0 Å². The summed E-state index contributed by atoms with van der Waals surface area (Å²) in [6.07, 6.45) is 1.85. The third-order valence-electron chi connectivity index (χ3n) is 4.82. The van der Waals surface area contributed by atoms with Gasteiger partial charge in [0, 0.05) is 37.1 Å². The Morgan fingerprint density at radius 2 is 1.87 bits per heavy atom. The molecule has 0 aromatic heterocycles. The summed E-state index contributed by atoms with van der Waals surface area (Å²) in [6.45, 7) is 7.64. The maximum Gasteiger partial charge on any atom is 0.407 e. The molecule has 3 amide bonds. The predicted octanol–water partition coefficient (Wildman–Crippen LogP) is 3.26. The molecule has 166 valence electrons. The second kappa shape index (κ2) is 11.3. The van der Waals surface area contributed by atoms with Gasteiger partial charge in [-0.25, -0.2) is 4.79 Å². The van der Waals surface area contributed by atoms with Gasteiger partial charge in [0.2, 0.25) is 11.8 Å². The van der Waals surface area contributed by atoms with Crippen molar-refractivity contribution in [1.82, 2.24) is 15.5 Å². The van der Waals surface area contributed by atoms with Crippen molar-refractivity contribution >= 4 is 33.8 Å². The van der Waals surface area contributed by atoms with Crippen LogP contribution in [-0.4, -0.2) is 54.6 Å². The molecule has 2 N–H and O–H groups in total. The molecule has 1 aromatic carbocycles. The molecule has 0 atom stereocenters. The molecular weight excluding hydrogens is 450 g/mol. The van der Waals surface area contributed by atoms with Gasteiger partial charge < -0.3 is 20.3 Å². The first-order valence-electron chi connectivity index (χ1n) is 10.4. The fourth-order valence-electron chi connectivity index (χ4n) is 3.26. The number of rotatable bonds is 7. The summed E-state index contributed by atoms with van der Waals surface area (Å²) in [5.41, 5.74) is 0.448. The Hall–Kier alpha value is -2.09. The first-order valence-corrected chi connectivity index (χ1v) is 11.2. The maximum absolute atomic E-state index is 12.5. The number of benzene rings is 1. The summed E-state index contributed by atoms with van der Waals surface area (Å²) in [6, 6.07) is 7.81. The number of alkyl carbamates (subject to hydrolysis) is 1. The van der Waals surface area contributed by atoms with Crippen molar-refractivity contribution < 1.29 is 19.1 Å². The number of nitrogens with zero attached hydrogens (tertiary/aromatic N) is 1. The molecule has 0 saturated carbocycles. The van der Waals surface area contributed by atoms with Gasteiger partial charge in [0.25, 0.3) is 0 Å². The van der Waals surface area contributed by atoms with E-state index in [4.69, 9.17) is 4.74 Å². The number of hydrogen-bond donors (Lipinski definition) is 2. The average Bonchev–Trinajstić information content (AvgIpc) is 2.65. The molecule has 1 aromatic rings. The maximum atomic E-state index is 12.5. The quantitative estimate of drug-likeness (QED) is 0.625. The van der Waals surface area contributed by atoms with E-state index in [0.717, 1.165) is 22.9 Å². The van der Waals surface area contributed by atoms with Crippen LogP contribution in [0.15, 0.2) is 28.7 Å². The zero-order valence-electron chi connectivity index (χ0n) is 18.0. The molecule has 7 nitrogen and oxygen atoms in total. The molecule has 1 fully saturated rings. The molecule has 2 rings (SSSR count). The van der Waals surface area contributed by atoms with Crippen molar-refractivity contribution in [2.75, 3.05) is 26.2 Å². The van der Waals surface area contributed by atoms with Crippen LogP contribution in [0.4, 0.5) is 4.79 Å². The van der Waals surface area contributed by atoms with E-state index < -0.39 is 11.7 Å². The van der Waals surface area contributed by atoms with Crippen LogP contribution in [0.5, 0.6) is 0 Å². The second-order valence-corrected chi connectivity index (χ2v) is 9.53. The zero-order valence-corrected chi connectivity index (χ0v) is 19.6. The van der Waals surface area contributed by atoms with E-state index >= 15 is 0 Å². The standard InChI is InChI=1S/C22H32BrN3O4/c1-22(2,3)30-21(29)24-10-7-19(27)25-15-16-8-11-26(12-9-16)20(28)14-17-5-4-6-18(23)13-17/h4-6,13,16H,7-12,14-15H2,1-3H3,(H,24,29)(H,25,27). The van der Waals surface area contributed by atoms with Crippen LogP contribution < -0.4 is 10.6 Å². The lowest BCUT2D eigenvalue weighted by Crippen LogP contribution is -2.42. The molecule has 8 heteroatoms. The van der Waals surface area contributed by atoms with E-state index in [9.17, 15) is 14.4 Å². The van der Waals surface area contributed by atoms with Crippen LogP contribution in [0.25, 0.3) is 0 Å². The minimum Gasteiger partial charge on any atom is -0.444 e. The molecule has 0 aliphatic carbocycles. The van der Waals surface area contributed by atoms with E-state index in [1.807, 2.05) is 29.2 Å². The van der Waals surface area contributed by atoms with Crippen LogP contribution in [0.2, 0.25) is 0 Å². The minimum absolute atomic E-state index is 0.0979. The number of carbonyl (C=O) groups excluding carboxylic acids is 3. The van der Waals surface area contributed by atoms with E-state index in [2.05, 4.69) is 26.6 Å². The van der Waals surface area contributed by atoms with Gasteiger partial charge in [-0.1, -0.05) is 28.1 Å². The number of likely N-dealkylation sites (tertiary alicyclic amines) is 1. The number of ether oxygens (including phenoxy) is 1. The van der Waals surface area contributed by atoms with Gasteiger partial charge in [-0.05, 0) is 57.2 Å². The SMILES string of the molecule is CC(C)(C)OC(=O)NCCC(=O)NCC1CCN(C(=O)Cc2cccc(Br)c2)CC1. The summed E-state index contributed by atoms with van der Waals surface area (Å²) in [5.74, 6) is 0.408. The van der Waals surface area contributed by atoms with Gasteiger partial charge in [-0.2, -0.15) is 0 Å². The average molecular weight is 482 g/mol. The van der Waals surface area contributed by atoms with Crippen molar-refractivity contribution in [1.29, 1.82) is 0 Å². The van der Waals surface area contributed by atoms with Crippen LogP contribution in [0, 0.1) is 5.92 Å². The molecule has 0 radical (unpaired) electrons. The molecule has 1 aliphatic rings. The summed E-state index contributed by atoms with van der Waals surface area (Å²) in [7, 11) is 0. The molecule has 1 saturated heterocycles. The molecule has 1 heterocycles. The lowest BCUT2D eigenvalue weighted by atomic mass is 9.96. The fourth-order valence-corrected chi connectivity index (χ4v) is 3.71. The number of amides is 3. The van der Waals surface area contributed by atoms with Gasteiger partial charge in [-0.3, -0.25) is 9.59 Å². The largest absolute Gasteiger partial charge is 0.444 e. The van der Waals surface area contributed by atoms with Gasteiger partial charge in [0.1, 0.15) is 5.60 Å². The van der Waals surface area contributed by atoms with E-state index in [1.54, 1.807) is 20.8 Å². The lowest BCUT2D eigenvalue weighted by molar-refractivity contribution is -0.132. The van der Waals surface area contributed by atoms with Crippen molar-refractivity contribution in [3.63, 3.8) is 0 Å². The Kier molecular flexibility index (Phi) is 9.14.